The molecule has 1 N–H and O–H groups in total. The summed E-state index contributed by atoms with van der Waals surface area (Å²) in [4.78, 5) is 29.6. The zero-order valence-corrected chi connectivity index (χ0v) is 18.0. The molecule has 2 amide bonds. The zero-order valence-electron chi connectivity index (χ0n) is 17.3. The van der Waals surface area contributed by atoms with E-state index < -0.39 is 6.04 Å². The number of rotatable bonds is 6. The van der Waals surface area contributed by atoms with Crippen LogP contribution in [0.5, 0.6) is 0 Å². The number of carbonyl (C=O) groups excluding carboxylic acids is 2. The summed E-state index contributed by atoms with van der Waals surface area (Å²) in [6, 6.07) is 12.6. The minimum absolute atomic E-state index is 0.0154. The molecule has 0 radical (unpaired) electrons. The van der Waals surface area contributed by atoms with E-state index >= 15 is 0 Å². The Morgan fingerprint density at radius 3 is 2.30 bits per heavy atom. The van der Waals surface area contributed by atoms with E-state index in [4.69, 9.17) is 11.6 Å². The molecule has 1 saturated heterocycles. The van der Waals surface area contributed by atoms with Gasteiger partial charge in [-0.05, 0) is 42.3 Å². The normalized spacial score (nSPS) is 16.1. The standard InChI is InChI=1S/C23H27ClFN3O2/c1-3-16(2)21(26-22(29)17-8-10-18(24)11-9-17)23(30)28-14-12-27(13-15-28)20-7-5-4-6-19(20)25/h4-11,16,21H,3,12-15H2,1-2H3,(H,26,29)/t16-,21-/m0/s1. The first-order valence-corrected chi connectivity index (χ1v) is 10.6. The second kappa shape index (κ2) is 9.94. The van der Waals surface area contributed by atoms with Gasteiger partial charge in [0, 0.05) is 36.8 Å². The van der Waals surface area contributed by atoms with Crippen molar-refractivity contribution in [2.24, 2.45) is 5.92 Å². The lowest BCUT2D eigenvalue weighted by molar-refractivity contribution is -0.134. The van der Waals surface area contributed by atoms with Crippen molar-refractivity contribution in [1.29, 1.82) is 0 Å². The third-order valence-corrected chi connectivity index (χ3v) is 5.91. The van der Waals surface area contributed by atoms with Gasteiger partial charge in [0.25, 0.3) is 5.91 Å². The average molecular weight is 432 g/mol. The van der Waals surface area contributed by atoms with E-state index in [2.05, 4.69) is 5.32 Å². The summed E-state index contributed by atoms with van der Waals surface area (Å²) >= 11 is 5.89. The van der Waals surface area contributed by atoms with Crippen LogP contribution in [0.1, 0.15) is 30.6 Å². The predicted octanol–water partition coefficient (Wildman–Crippen LogP) is 3.97. The minimum atomic E-state index is -0.613. The van der Waals surface area contributed by atoms with Gasteiger partial charge in [0.1, 0.15) is 11.9 Å². The molecule has 0 spiro atoms. The van der Waals surface area contributed by atoms with E-state index in [0.717, 1.165) is 6.42 Å². The molecule has 0 saturated carbocycles. The van der Waals surface area contributed by atoms with Gasteiger partial charge in [-0.2, -0.15) is 0 Å². The topological polar surface area (TPSA) is 52.7 Å². The van der Waals surface area contributed by atoms with Crippen LogP contribution in [0.3, 0.4) is 0 Å². The van der Waals surface area contributed by atoms with Gasteiger partial charge in [0.15, 0.2) is 0 Å². The summed E-state index contributed by atoms with van der Waals surface area (Å²) in [5, 5.41) is 3.46. The number of amides is 2. The van der Waals surface area contributed by atoms with Crippen LogP contribution in [0.2, 0.25) is 5.02 Å². The van der Waals surface area contributed by atoms with Crippen LogP contribution < -0.4 is 10.2 Å². The molecule has 160 valence electrons. The first kappa shape index (κ1) is 22.1. The van der Waals surface area contributed by atoms with Gasteiger partial charge >= 0.3 is 0 Å². The van der Waals surface area contributed by atoms with Crippen molar-refractivity contribution in [3.05, 3.63) is 64.9 Å². The summed E-state index contributed by atoms with van der Waals surface area (Å²) in [6.07, 6.45) is 0.756. The summed E-state index contributed by atoms with van der Waals surface area (Å²) in [5.41, 5.74) is 1.02. The van der Waals surface area contributed by atoms with Gasteiger partial charge in [0.2, 0.25) is 5.91 Å². The van der Waals surface area contributed by atoms with Crippen molar-refractivity contribution in [3.63, 3.8) is 0 Å². The maximum atomic E-state index is 14.1. The van der Waals surface area contributed by atoms with Crippen molar-refractivity contribution in [3.8, 4) is 0 Å². The van der Waals surface area contributed by atoms with E-state index in [9.17, 15) is 14.0 Å². The van der Waals surface area contributed by atoms with E-state index in [1.807, 2.05) is 18.7 Å². The Morgan fingerprint density at radius 1 is 1.07 bits per heavy atom. The molecule has 2 aromatic rings. The molecule has 1 aliphatic rings. The number of benzene rings is 2. The Kier molecular flexibility index (Phi) is 7.32. The van der Waals surface area contributed by atoms with Crippen molar-refractivity contribution in [1.82, 2.24) is 10.2 Å². The molecule has 0 bridgehead atoms. The monoisotopic (exact) mass is 431 g/mol. The van der Waals surface area contributed by atoms with Gasteiger partial charge in [-0.3, -0.25) is 9.59 Å². The molecule has 1 aliphatic heterocycles. The quantitative estimate of drug-likeness (QED) is 0.752. The summed E-state index contributed by atoms with van der Waals surface area (Å²) < 4.78 is 14.1. The fraction of sp³-hybridized carbons (Fsp3) is 0.391. The molecule has 1 heterocycles. The third-order valence-electron chi connectivity index (χ3n) is 5.66. The second-order valence-electron chi connectivity index (χ2n) is 7.61. The predicted molar refractivity (Wildman–Crippen MR) is 117 cm³/mol. The van der Waals surface area contributed by atoms with Gasteiger partial charge in [0.05, 0.1) is 5.69 Å². The fourth-order valence-corrected chi connectivity index (χ4v) is 3.71. The lowest BCUT2D eigenvalue weighted by Gasteiger charge is -2.38. The van der Waals surface area contributed by atoms with E-state index in [-0.39, 0.29) is 23.5 Å². The van der Waals surface area contributed by atoms with Crippen LogP contribution >= 0.6 is 11.6 Å². The highest BCUT2D eigenvalue weighted by Gasteiger charge is 2.32. The average Bonchev–Trinajstić information content (AvgIpc) is 2.77. The van der Waals surface area contributed by atoms with Crippen molar-refractivity contribution in [2.45, 2.75) is 26.3 Å². The van der Waals surface area contributed by atoms with E-state index in [0.29, 0.717) is 42.5 Å². The van der Waals surface area contributed by atoms with E-state index in [1.165, 1.54) is 6.07 Å². The van der Waals surface area contributed by atoms with E-state index in [1.54, 1.807) is 47.4 Å². The number of nitrogens with one attached hydrogen (secondary N) is 1. The molecule has 5 nitrogen and oxygen atoms in total. The Bertz CT molecular complexity index is 882. The first-order chi connectivity index (χ1) is 14.4. The number of anilines is 1. The van der Waals surface area contributed by atoms with Crippen molar-refractivity contribution < 1.29 is 14.0 Å². The molecule has 1 fully saturated rings. The highest BCUT2D eigenvalue weighted by atomic mass is 35.5. The van der Waals surface area contributed by atoms with Crippen molar-refractivity contribution in [2.75, 3.05) is 31.1 Å². The molecular formula is C23H27ClFN3O2. The molecule has 2 atom stereocenters. The lowest BCUT2D eigenvalue weighted by atomic mass is 9.97. The number of para-hydroxylation sites is 1. The molecule has 7 heteroatoms. The summed E-state index contributed by atoms with van der Waals surface area (Å²) in [6.45, 7) is 6.01. The van der Waals surface area contributed by atoms with Crippen LogP contribution in [-0.2, 0) is 4.79 Å². The molecular weight excluding hydrogens is 405 g/mol. The van der Waals surface area contributed by atoms with Crippen LogP contribution in [0, 0.1) is 11.7 Å². The lowest BCUT2D eigenvalue weighted by Crippen LogP contribution is -2.56. The second-order valence-corrected chi connectivity index (χ2v) is 8.04. The van der Waals surface area contributed by atoms with Crippen LogP contribution in [0.15, 0.2) is 48.5 Å². The smallest absolute Gasteiger partial charge is 0.251 e. The fourth-order valence-electron chi connectivity index (χ4n) is 3.58. The van der Waals surface area contributed by atoms with Crippen molar-refractivity contribution >= 4 is 29.1 Å². The Labute approximate surface area is 181 Å². The molecule has 0 aliphatic carbocycles. The van der Waals surface area contributed by atoms with Gasteiger partial charge in [-0.25, -0.2) is 4.39 Å². The van der Waals surface area contributed by atoms with Crippen LogP contribution in [0.4, 0.5) is 10.1 Å². The highest BCUT2D eigenvalue weighted by Crippen LogP contribution is 2.21. The summed E-state index contributed by atoms with van der Waals surface area (Å²) in [5.74, 6) is -0.668. The highest BCUT2D eigenvalue weighted by molar-refractivity contribution is 6.30. The van der Waals surface area contributed by atoms with Crippen LogP contribution in [0.25, 0.3) is 0 Å². The Hall–Kier alpha value is -2.60. The maximum absolute atomic E-state index is 14.1. The number of piperazine rings is 1. The van der Waals surface area contributed by atoms with Gasteiger partial charge < -0.3 is 15.1 Å². The van der Waals surface area contributed by atoms with Gasteiger partial charge in [-0.1, -0.05) is 44.0 Å². The van der Waals surface area contributed by atoms with Crippen LogP contribution in [-0.4, -0.2) is 48.9 Å². The number of nitrogens with zero attached hydrogens (tertiary/aromatic N) is 2. The third kappa shape index (κ3) is 5.11. The number of halogens is 2. The SMILES string of the molecule is CC[C@H](C)[C@H](NC(=O)c1ccc(Cl)cc1)C(=O)N1CCN(c2ccccc2F)CC1. The number of hydrogen-bond acceptors (Lipinski definition) is 3. The maximum Gasteiger partial charge on any atom is 0.251 e. The first-order valence-electron chi connectivity index (χ1n) is 10.3. The summed E-state index contributed by atoms with van der Waals surface area (Å²) in [7, 11) is 0. The minimum Gasteiger partial charge on any atom is -0.366 e. The molecule has 3 rings (SSSR count). The molecule has 2 aromatic carbocycles. The molecule has 30 heavy (non-hydrogen) atoms. The zero-order chi connectivity index (χ0) is 21.7. The van der Waals surface area contributed by atoms with Gasteiger partial charge in [-0.15, -0.1) is 0 Å². The Morgan fingerprint density at radius 2 is 1.70 bits per heavy atom. The number of carbonyl (C=O) groups is 2. The number of hydrogen-bond donors (Lipinski definition) is 1. The largest absolute Gasteiger partial charge is 0.366 e. The molecule has 0 unspecified atom stereocenters. The molecule has 0 aromatic heterocycles. The Balaban J connectivity index is 1.66.